The zero-order chi connectivity index (χ0) is 22.9. The third kappa shape index (κ3) is 4.26. The van der Waals surface area contributed by atoms with Gasteiger partial charge in [-0.2, -0.15) is 0 Å². The minimum Gasteiger partial charge on any atom is -0.489 e. The van der Waals surface area contributed by atoms with E-state index in [1.807, 2.05) is 0 Å². The number of Topliss-reactive ketones (excluding diaryl/α,β-unsaturated/α-hetero) is 1. The summed E-state index contributed by atoms with van der Waals surface area (Å²) in [6.45, 7) is 0.795. The summed E-state index contributed by atoms with van der Waals surface area (Å²) in [5.41, 5.74) is 2.65. The topological polar surface area (TPSA) is 97.1 Å². The molecule has 0 saturated heterocycles. The monoisotopic (exact) mass is 465 g/mol. The first-order valence-electron chi connectivity index (χ1n) is 9.95. The van der Waals surface area contributed by atoms with E-state index in [4.69, 9.17) is 30.5 Å². The number of non-ortho nitro benzene ring substituents is 1. The molecule has 0 aliphatic carbocycles. The molecule has 0 spiro atoms. The SMILES string of the molecule is O=C1/C(=C/c2ccc([N+](=O)[O-])cc2)Oc2cc(OCc3cc(Cl)cc4c3OCOC4)ccc21. The Labute approximate surface area is 193 Å². The van der Waals surface area contributed by atoms with Gasteiger partial charge in [-0.25, -0.2) is 0 Å². The van der Waals surface area contributed by atoms with E-state index >= 15 is 0 Å². The maximum absolute atomic E-state index is 12.7. The van der Waals surface area contributed by atoms with Gasteiger partial charge in [0.1, 0.15) is 23.9 Å². The zero-order valence-electron chi connectivity index (χ0n) is 17.1. The van der Waals surface area contributed by atoms with E-state index in [9.17, 15) is 14.9 Å². The van der Waals surface area contributed by atoms with Gasteiger partial charge in [0, 0.05) is 34.3 Å². The summed E-state index contributed by atoms with van der Waals surface area (Å²) >= 11 is 6.20. The Morgan fingerprint density at radius 2 is 1.94 bits per heavy atom. The molecule has 0 saturated carbocycles. The standard InChI is InChI=1S/C24H16ClNO7/c25-17-8-15-11-30-13-32-24(15)16(9-17)12-31-19-5-6-20-21(10-19)33-22(23(20)27)7-14-1-3-18(4-2-14)26(28)29/h1-10H,11-13H2/b22-7-. The average Bonchev–Trinajstić information content (AvgIpc) is 3.12. The fraction of sp³-hybridized carbons (Fsp3) is 0.125. The number of benzene rings is 3. The minimum absolute atomic E-state index is 0.0280. The lowest BCUT2D eigenvalue weighted by Gasteiger charge is -2.21. The fourth-order valence-corrected chi connectivity index (χ4v) is 3.89. The van der Waals surface area contributed by atoms with Crippen molar-refractivity contribution in [1.29, 1.82) is 0 Å². The molecule has 3 aromatic rings. The van der Waals surface area contributed by atoms with Gasteiger partial charge in [0.15, 0.2) is 12.6 Å². The van der Waals surface area contributed by atoms with E-state index in [1.54, 1.807) is 48.5 Å². The van der Waals surface area contributed by atoms with Gasteiger partial charge in [0.2, 0.25) is 5.78 Å². The van der Waals surface area contributed by atoms with Crippen LogP contribution < -0.4 is 14.2 Å². The first kappa shape index (κ1) is 21.0. The lowest BCUT2D eigenvalue weighted by molar-refractivity contribution is -0.384. The Morgan fingerprint density at radius 1 is 1.12 bits per heavy atom. The molecule has 166 valence electrons. The van der Waals surface area contributed by atoms with Crippen LogP contribution in [-0.4, -0.2) is 17.5 Å². The number of nitro benzene ring substituents is 1. The summed E-state index contributed by atoms with van der Waals surface area (Å²) in [7, 11) is 0. The van der Waals surface area contributed by atoms with Crippen molar-refractivity contribution in [2.24, 2.45) is 0 Å². The molecule has 0 radical (unpaired) electrons. The number of nitrogens with zero attached hydrogens (tertiary/aromatic N) is 1. The van der Waals surface area contributed by atoms with Gasteiger partial charge in [-0.05, 0) is 48.0 Å². The summed E-state index contributed by atoms with van der Waals surface area (Å²) in [6.07, 6.45) is 1.55. The van der Waals surface area contributed by atoms with Crippen LogP contribution in [0.2, 0.25) is 5.02 Å². The lowest BCUT2D eigenvalue weighted by atomic mass is 10.1. The number of hydrogen-bond donors (Lipinski definition) is 0. The molecule has 0 atom stereocenters. The van der Waals surface area contributed by atoms with E-state index < -0.39 is 4.92 Å². The highest BCUT2D eigenvalue weighted by Crippen LogP contribution is 2.36. The molecule has 33 heavy (non-hydrogen) atoms. The molecule has 5 rings (SSSR count). The normalized spacial score (nSPS) is 15.4. The zero-order valence-corrected chi connectivity index (χ0v) is 17.8. The first-order valence-corrected chi connectivity index (χ1v) is 10.3. The number of ether oxygens (including phenoxy) is 4. The number of rotatable bonds is 5. The van der Waals surface area contributed by atoms with E-state index in [-0.39, 0.29) is 30.6 Å². The Kier molecular flexibility index (Phi) is 5.45. The molecule has 0 amide bonds. The van der Waals surface area contributed by atoms with Crippen LogP contribution in [0.1, 0.15) is 27.0 Å². The van der Waals surface area contributed by atoms with E-state index in [1.165, 1.54) is 12.1 Å². The van der Waals surface area contributed by atoms with Crippen LogP contribution in [0.15, 0.2) is 60.4 Å². The van der Waals surface area contributed by atoms with Crippen molar-refractivity contribution < 1.29 is 28.7 Å². The number of halogens is 1. The van der Waals surface area contributed by atoms with Crippen molar-refractivity contribution in [1.82, 2.24) is 0 Å². The molecule has 0 bridgehead atoms. The van der Waals surface area contributed by atoms with Crippen molar-refractivity contribution in [3.05, 3.63) is 97.7 Å². The van der Waals surface area contributed by atoms with Crippen LogP contribution in [0.5, 0.6) is 17.2 Å². The number of ketones is 1. The Bertz CT molecular complexity index is 1300. The minimum atomic E-state index is -0.482. The molecular weight excluding hydrogens is 450 g/mol. The van der Waals surface area contributed by atoms with E-state index in [0.29, 0.717) is 40.0 Å². The van der Waals surface area contributed by atoms with Crippen molar-refractivity contribution in [2.75, 3.05) is 6.79 Å². The van der Waals surface area contributed by atoms with Crippen molar-refractivity contribution in [3.8, 4) is 17.2 Å². The second kappa shape index (κ2) is 8.57. The number of hydrogen-bond acceptors (Lipinski definition) is 7. The molecule has 2 heterocycles. The number of nitro groups is 1. The van der Waals surface area contributed by atoms with Crippen LogP contribution in [0.25, 0.3) is 6.08 Å². The number of allylic oxidation sites excluding steroid dienone is 1. The van der Waals surface area contributed by atoms with Crippen LogP contribution in [0, 0.1) is 10.1 Å². The van der Waals surface area contributed by atoms with Gasteiger partial charge in [0.25, 0.3) is 5.69 Å². The molecule has 3 aromatic carbocycles. The van der Waals surface area contributed by atoms with Crippen LogP contribution >= 0.6 is 11.6 Å². The molecular formula is C24H16ClNO7. The van der Waals surface area contributed by atoms with Crippen LogP contribution in [-0.2, 0) is 18.0 Å². The smallest absolute Gasteiger partial charge is 0.269 e. The molecule has 8 nitrogen and oxygen atoms in total. The maximum Gasteiger partial charge on any atom is 0.269 e. The summed E-state index contributed by atoms with van der Waals surface area (Å²) in [6, 6.07) is 14.4. The summed E-state index contributed by atoms with van der Waals surface area (Å²) in [4.78, 5) is 23.0. The highest BCUT2D eigenvalue weighted by molar-refractivity contribution is 6.30. The predicted molar refractivity (Wildman–Crippen MR) is 119 cm³/mol. The van der Waals surface area contributed by atoms with Crippen molar-refractivity contribution in [3.63, 3.8) is 0 Å². The van der Waals surface area contributed by atoms with Gasteiger partial charge in [-0.1, -0.05) is 11.6 Å². The van der Waals surface area contributed by atoms with E-state index in [2.05, 4.69) is 0 Å². The largest absolute Gasteiger partial charge is 0.489 e. The summed E-state index contributed by atoms with van der Waals surface area (Å²) in [5, 5.41) is 11.4. The quantitative estimate of drug-likeness (QED) is 0.286. The number of carbonyl (C=O) groups is 1. The number of fused-ring (bicyclic) bond motifs is 2. The third-order valence-corrected chi connectivity index (χ3v) is 5.41. The predicted octanol–water partition coefficient (Wildman–Crippen LogP) is 5.31. The highest BCUT2D eigenvalue weighted by atomic mass is 35.5. The number of carbonyl (C=O) groups excluding carboxylic acids is 1. The Balaban J connectivity index is 1.33. The second-order valence-corrected chi connectivity index (χ2v) is 7.84. The van der Waals surface area contributed by atoms with Crippen LogP contribution in [0.4, 0.5) is 5.69 Å². The first-order chi connectivity index (χ1) is 16.0. The van der Waals surface area contributed by atoms with Crippen molar-refractivity contribution in [2.45, 2.75) is 13.2 Å². The van der Waals surface area contributed by atoms with Gasteiger partial charge in [-0.15, -0.1) is 0 Å². The van der Waals surface area contributed by atoms with Gasteiger partial charge in [0.05, 0.1) is 17.1 Å². The third-order valence-electron chi connectivity index (χ3n) is 5.19. The van der Waals surface area contributed by atoms with Gasteiger partial charge in [-0.3, -0.25) is 14.9 Å². The maximum atomic E-state index is 12.7. The molecule has 0 N–H and O–H groups in total. The second-order valence-electron chi connectivity index (χ2n) is 7.40. The molecule has 2 aliphatic rings. The van der Waals surface area contributed by atoms with Gasteiger partial charge < -0.3 is 18.9 Å². The van der Waals surface area contributed by atoms with Crippen molar-refractivity contribution >= 4 is 29.1 Å². The van der Waals surface area contributed by atoms with Crippen LogP contribution in [0.3, 0.4) is 0 Å². The lowest BCUT2D eigenvalue weighted by Crippen LogP contribution is -2.14. The highest BCUT2D eigenvalue weighted by Gasteiger charge is 2.28. The Morgan fingerprint density at radius 3 is 2.73 bits per heavy atom. The Hall–Kier alpha value is -3.88. The molecule has 2 aliphatic heterocycles. The molecule has 0 aromatic heterocycles. The average molecular weight is 466 g/mol. The molecule has 9 heteroatoms. The summed E-state index contributed by atoms with van der Waals surface area (Å²) < 4.78 is 22.5. The molecule has 0 unspecified atom stereocenters. The van der Waals surface area contributed by atoms with E-state index in [0.717, 1.165) is 11.1 Å². The fourth-order valence-electron chi connectivity index (χ4n) is 3.63. The summed E-state index contributed by atoms with van der Waals surface area (Å²) in [5.74, 6) is 1.45. The van der Waals surface area contributed by atoms with Gasteiger partial charge >= 0.3 is 0 Å². The molecule has 0 fully saturated rings.